The van der Waals surface area contributed by atoms with E-state index in [1.165, 1.54) is 12.1 Å². The number of rotatable bonds is 6. The number of fused-ring (bicyclic) bond motifs is 2. The molecule has 4 rings (SSSR count). The quantitative estimate of drug-likeness (QED) is 0.606. The third-order valence-corrected chi connectivity index (χ3v) is 8.70. The van der Waals surface area contributed by atoms with E-state index in [2.05, 4.69) is 13.8 Å². The van der Waals surface area contributed by atoms with Gasteiger partial charge in [0.2, 0.25) is 0 Å². The standard InChI is InChI=1S/C25H31NO5S/c1-18(2)25-15-14-24(4,31-25)22(16-25)30-23(27)26(17-20-8-6-5-7-9-20)32(28,29)21-12-10-19(3)11-13-21/h5-13,18,22H,14-17H2,1-4H3/t22-,24-,25-/m1/s1. The van der Waals surface area contributed by atoms with Gasteiger partial charge in [-0.05, 0) is 50.3 Å². The molecule has 3 atom stereocenters. The van der Waals surface area contributed by atoms with Crippen molar-refractivity contribution >= 4 is 16.1 Å². The third-order valence-electron chi connectivity index (χ3n) is 6.97. The number of sulfonamides is 1. The molecule has 32 heavy (non-hydrogen) atoms. The Labute approximate surface area is 190 Å². The Morgan fingerprint density at radius 2 is 1.78 bits per heavy atom. The normalized spacial score (nSPS) is 27.0. The van der Waals surface area contributed by atoms with Crippen molar-refractivity contribution in [3.05, 3.63) is 65.7 Å². The van der Waals surface area contributed by atoms with Crippen molar-refractivity contribution < 1.29 is 22.7 Å². The third kappa shape index (κ3) is 4.04. The summed E-state index contributed by atoms with van der Waals surface area (Å²) in [6, 6.07) is 15.5. The molecule has 6 nitrogen and oxygen atoms in total. The van der Waals surface area contributed by atoms with E-state index in [1.54, 1.807) is 24.3 Å². The summed E-state index contributed by atoms with van der Waals surface area (Å²) in [6.07, 6.45) is 0.932. The molecule has 0 spiro atoms. The van der Waals surface area contributed by atoms with Crippen molar-refractivity contribution in [2.75, 3.05) is 0 Å². The fourth-order valence-electron chi connectivity index (χ4n) is 4.75. The highest BCUT2D eigenvalue weighted by molar-refractivity contribution is 7.89. The Morgan fingerprint density at radius 3 is 2.38 bits per heavy atom. The van der Waals surface area contributed by atoms with Crippen LogP contribution in [-0.4, -0.2) is 36.1 Å². The van der Waals surface area contributed by atoms with E-state index in [0.717, 1.165) is 22.7 Å². The van der Waals surface area contributed by atoms with Crippen LogP contribution in [0.4, 0.5) is 4.79 Å². The molecule has 0 N–H and O–H groups in total. The maximum Gasteiger partial charge on any atom is 0.424 e. The summed E-state index contributed by atoms with van der Waals surface area (Å²) in [5.41, 5.74) is 0.729. The minimum Gasteiger partial charge on any atom is -0.442 e. The summed E-state index contributed by atoms with van der Waals surface area (Å²) in [7, 11) is -4.10. The largest absolute Gasteiger partial charge is 0.442 e. The molecule has 0 aliphatic carbocycles. The number of carbonyl (C=O) groups is 1. The number of amides is 1. The van der Waals surface area contributed by atoms with Crippen LogP contribution in [0, 0.1) is 12.8 Å². The first-order chi connectivity index (χ1) is 15.1. The van der Waals surface area contributed by atoms with Gasteiger partial charge in [-0.3, -0.25) is 0 Å². The molecule has 0 aromatic heterocycles. The van der Waals surface area contributed by atoms with Gasteiger partial charge in [-0.2, -0.15) is 4.31 Å². The van der Waals surface area contributed by atoms with Crippen LogP contribution in [0.15, 0.2) is 59.5 Å². The highest BCUT2D eigenvalue weighted by Crippen LogP contribution is 2.55. The Morgan fingerprint density at radius 1 is 1.12 bits per heavy atom. The Hall–Kier alpha value is -2.38. The molecule has 2 heterocycles. The van der Waals surface area contributed by atoms with Gasteiger partial charge >= 0.3 is 6.09 Å². The van der Waals surface area contributed by atoms with Gasteiger partial charge in [-0.1, -0.05) is 61.9 Å². The second-order valence-electron chi connectivity index (χ2n) is 9.52. The number of hydrogen-bond acceptors (Lipinski definition) is 5. The Kier molecular flexibility index (Phi) is 5.84. The first-order valence-corrected chi connectivity index (χ1v) is 12.5. The lowest BCUT2D eigenvalue weighted by Crippen LogP contribution is -2.44. The van der Waals surface area contributed by atoms with Crippen LogP contribution in [0.1, 0.15) is 51.2 Å². The van der Waals surface area contributed by atoms with E-state index in [-0.39, 0.29) is 23.0 Å². The van der Waals surface area contributed by atoms with Gasteiger partial charge in [0, 0.05) is 6.42 Å². The van der Waals surface area contributed by atoms with Gasteiger partial charge in [-0.15, -0.1) is 0 Å². The monoisotopic (exact) mass is 457 g/mol. The molecule has 2 saturated heterocycles. The summed E-state index contributed by atoms with van der Waals surface area (Å²) < 4.78 is 40.0. The lowest BCUT2D eigenvalue weighted by atomic mass is 9.75. The smallest absolute Gasteiger partial charge is 0.424 e. The molecule has 0 unspecified atom stereocenters. The average Bonchev–Trinajstić information content (AvgIpc) is 3.25. The molecular formula is C25H31NO5S. The summed E-state index contributed by atoms with van der Waals surface area (Å²) in [5, 5.41) is 0. The zero-order chi connectivity index (χ0) is 23.1. The first-order valence-electron chi connectivity index (χ1n) is 11.1. The number of aryl methyl sites for hydroxylation is 1. The van der Waals surface area contributed by atoms with E-state index in [9.17, 15) is 13.2 Å². The van der Waals surface area contributed by atoms with Crippen molar-refractivity contribution in [1.82, 2.24) is 4.31 Å². The number of ether oxygens (including phenoxy) is 2. The second-order valence-corrected chi connectivity index (χ2v) is 11.4. The van der Waals surface area contributed by atoms with Gasteiger partial charge in [0.1, 0.15) is 11.7 Å². The summed E-state index contributed by atoms with van der Waals surface area (Å²) in [6.45, 7) is 7.96. The molecule has 2 aliphatic heterocycles. The topological polar surface area (TPSA) is 72.9 Å². The molecule has 2 fully saturated rings. The van der Waals surface area contributed by atoms with Gasteiger partial charge in [0.25, 0.3) is 10.0 Å². The molecule has 1 amide bonds. The number of benzene rings is 2. The van der Waals surface area contributed by atoms with Gasteiger partial charge in [-0.25, -0.2) is 13.2 Å². The zero-order valence-corrected chi connectivity index (χ0v) is 19.9. The van der Waals surface area contributed by atoms with Gasteiger partial charge in [0.15, 0.2) is 0 Å². The fraction of sp³-hybridized carbons (Fsp3) is 0.480. The van der Waals surface area contributed by atoms with Crippen molar-refractivity contribution in [3.63, 3.8) is 0 Å². The molecule has 0 radical (unpaired) electrons. The fourth-order valence-corrected chi connectivity index (χ4v) is 6.04. The molecule has 2 aliphatic rings. The predicted molar refractivity (Wildman–Crippen MR) is 122 cm³/mol. The summed E-state index contributed by atoms with van der Waals surface area (Å²) in [4.78, 5) is 13.4. The zero-order valence-electron chi connectivity index (χ0n) is 19.1. The van der Waals surface area contributed by atoms with Gasteiger partial charge < -0.3 is 9.47 Å². The number of carbonyl (C=O) groups excluding carboxylic acids is 1. The average molecular weight is 458 g/mol. The summed E-state index contributed by atoms with van der Waals surface area (Å²) in [5.74, 6) is 0.282. The maximum atomic E-state index is 13.5. The minimum absolute atomic E-state index is 0.0602. The summed E-state index contributed by atoms with van der Waals surface area (Å²) >= 11 is 0. The van der Waals surface area contributed by atoms with Crippen LogP contribution >= 0.6 is 0 Å². The van der Waals surface area contributed by atoms with Crippen LogP contribution < -0.4 is 0 Å². The minimum atomic E-state index is -4.10. The molecule has 2 aromatic carbocycles. The molecule has 2 bridgehead atoms. The lowest BCUT2D eigenvalue weighted by Gasteiger charge is -2.32. The highest BCUT2D eigenvalue weighted by atomic mass is 32.2. The van der Waals surface area contributed by atoms with E-state index in [0.29, 0.717) is 12.0 Å². The van der Waals surface area contributed by atoms with E-state index >= 15 is 0 Å². The number of nitrogens with zero attached hydrogens (tertiary/aromatic N) is 1. The van der Waals surface area contributed by atoms with Crippen LogP contribution in [0.3, 0.4) is 0 Å². The Bertz CT molecular complexity index is 1080. The van der Waals surface area contributed by atoms with Crippen molar-refractivity contribution in [1.29, 1.82) is 0 Å². The van der Waals surface area contributed by atoms with Gasteiger partial charge in [0.05, 0.1) is 17.0 Å². The van der Waals surface area contributed by atoms with Crippen LogP contribution in [0.2, 0.25) is 0 Å². The SMILES string of the molecule is Cc1ccc(S(=O)(=O)N(Cc2ccccc2)C(=O)O[C@@H]2C[C@@]3(C(C)C)CC[C@@]2(C)O3)cc1. The molecule has 172 valence electrons. The predicted octanol–water partition coefficient (Wildman–Crippen LogP) is 5.06. The Balaban J connectivity index is 1.63. The molecule has 7 heteroatoms. The van der Waals surface area contributed by atoms with E-state index in [1.807, 2.05) is 32.0 Å². The van der Waals surface area contributed by atoms with Crippen molar-refractivity contribution in [2.24, 2.45) is 5.92 Å². The van der Waals surface area contributed by atoms with Crippen molar-refractivity contribution in [3.8, 4) is 0 Å². The van der Waals surface area contributed by atoms with E-state index < -0.39 is 27.8 Å². The van der Waals surface area contributed by atoms with Crippen molar-refractivity contribution in [2.45, 2.75) is 75.7 Å². The molecular weight excluding hydrogens is 426 g/mol. The molecule has 0 saturated carbocycles. The second kappa shape index (κ2) is 8.19. The van der Waals surface area contributed by atoms with Crippen LogP contribution in [0.5, 0.6) is 0 Å². The van der Waals surface area contributed by atoms with Crippen LogP contribution in [0.25, 0.3) is 0 Å². The first kappa shape index (κ1) is 22.8. The van der Waals surface area contributed by atoms with E-state index in [4.69, 9.17) is 9.47 Å². The highest BCUT2D eigenvalue weighted by Gasteiger charge is 2.62. The molecule has 2 aromatic rings. The maximum absolute atomic E-state index is 13.5. The lowest BCUT2D eigenvalue weighted by molar-refractivity contribution is -0.0827. The van der Waals surface area contributed by atoms with Crippen LogP contribution in [-0.2, 0) is 26.0 Å². The number of hydrogen-bond donors (Lipinski definition) is 0.